The number of carbonyl (C=O) groups excluding carboxylic acids is 2. The molecule has 1 aliphatic heterocycles. The zero-order chi connectivity index (χ0) is 17.3. The van der Waals surface area contributed by atoms with Crippen molar-refractivity contribution >= 4 is 29.2 Å². The standard InChI is InChI=1S/C18H15ClFNO3/c1-24-18(23)13-8-9-21(16-5-3-2-4-12(13)16)17(22)14-7-6-11(20)10-15(14)19/h2-7,10,13H,8-9H2,1H3. The van der Waals surface area contributed by atoms with Gasteiger partial charge in [0.15, 0.2) is 0 Å². The molecule has 1 aliphatic rings. The minimum atomic E-state index is -0.499. The first-order chi connectivity index (χ1) is 11.5. The van der Waals surface area contributed by atoms with E-state index in [-0.39, 0.29) is 22.5 Å². The van der Waals surface area contributed by atoms with Crippen LogP contribution in [-0.4, -0.2) is 25.5 Å². The molecule has 1 heterocycles. The van der Waals surface area contributed by atoms with E-state index in [0.29, 0.717) is 18.7 Å². The van der Waals surface area contributed by atoms with Crippen LogP contribution in [0.2, 0.25) is 5.02 Å². The van der Waals surface area contributed by atoms with Crippen molar-refractivity contribution in [2.45, 2.75) is 12.3 Å². The normalized spacial score (nSPS) is 16.5. The van der Waals surface area contributed by atoms with Crippen LogP contribution in [0.4, 0.5) is 10.1 Å². The average Bonchev–Trinajstić information content (AvgIpc) is 2.59. The fourth-order valence-electron chi connectivity index (χ4n) is 2.97. The van der Waals surface area contributed by atoms with Crippen LogP contribution in [0.5, 0.6) is 0 Å². The summed E-state index contributed by atoms with van der Waals surface area (Å²) in [6, 6.07) is 10.9. The summed E-state index contributed by atoms with van der Waals surface area (Å²) in [7, 11) is 1.35. The number of amides is 1. The lowest BCUT2D eigenvalue weighted by atomic mass is 9.89. The maximum absolute atomic E-state index is 13.2. The van der Waals surface area contributed by atoms with Gasteiger partial charge in [0.25, 0.3) is 5.91 Å². The van der Waals surface area contributed by atoms with E-state index in [1.165, 1.54) is 19.2 Å². The molecule has 4 nitrogen and oxygen atoms in total. The van der Waals surface area contributed by atoms with E-state index in [1.807, 2.05) is 12.1 Å². The number of carbonyl (C=O) groups is 2. The number of anilines is 1. The number of hydrogen-bond acceptors (Lipinski definition) is 3. The third-order valence-corrected chi connectivity index (χ3v) is 4.45. The number of methoxy groups -OCH3 is 1. The zero-order valence-corrected chi connectivity index (χ0v) is 13.7. The van der Waals surface area contributed by atoms with Crippen LogP contribution >= 0.6 is 11.6 Å². The molecule has 0 radical (unpaired) electrons. The first-order valence-electron chi connectivity index (χ1n) is 7.46. The summed E-state index contributed by atoms with van der Waals surface area (Å²) in [5.74, 6) is -1.55. The maximum atomic E-state index is 13.2. The van der Waals surface area contributed by atoms with Gasteiger partial charge in [0.1, 0.15) is 5.82 Å². The van der Waals surface area contributed by atoms with E-state index >= 15 is 0 Å². The Balaban J connectivity index is 2.00. The number of halogens is 2. The Hall–Kier alpha value is -2.40. The SMILES string of the molecule is COC(=O)C1CCN(C(=O)c2ccc(F)cc2Cl)c2ccccc21. The van der Waals surface area contributed by atoms with E-state index in [0.717, 1.165) is 11.6 Å². The Morgan fingerprint density at radius 3 is 2.71 bits per heavy atom. The van der Waals surface area contributed by atoms with Gasteiger partial charge in [-0.15, -0.1) is 0 Å². The summed E-state index contributed by atoms with van der Waals surface area (Å²) in [6.45, 7) is 0.351. The molecule has 6 heteroatoms. The summed E-state index contributed by atoms with van der Waals surface area (Å²) in [4.78, 5) is 26.4. The van der Waals surface area contributed by atoms with Gasteiger partial charge in [0, 0.05) is 12.2 Å². The summed E-state index contributed by atoms with van der Waals surface area (Å²) in [5, 5.41) is 0.0626. The highest BCUT2D eigenvalue weighted by Crippen LogP contribution is 2.37. The van der Waals surface area contributed by atoms with Gasteiger partial charge in [-0.25, -0.2) is 4.39 Å². The smallest absolute Gasteiger partial charge is 0.313 e. The number of hydrogen-bond donors (Lipinski definition) is 0. The Bertz CT molecular complexity index is 809. The second-order valence-corrected chi connectivity index (χ2v) is 5.91. The molecule has 0 spiro atoms. The van der Waals surface area contributed by atoms with Crippen LogP contribution in [-0.2, 0) is 9.53 Å². The molecular weight excluding hydrogens is 333 g/mol. The van der Waals surface area contributed by atoms with Crippen molar-refractivity contribution in [3.05, 3.63) is 64.4 Å². The third-order valence-electron chi connectivity index (χ3n) is 4.14. The summed E-state index contributed by atoms with van der Waals surface area (Å²) >= 11 is 6.01. The number of rotatable bonds is 2. The first kappa shape index (κ1) is 16.5. The van der Waals surface area contributed by atoms with Gasteiger partial charge >= 0.3 is 5.97 Å². The molecule has 0 bridgehead atoms. The van der Waals surface area contributed by atoms with Gasteiger partial charge in [-0.1, -0.05) is 29.8 Å². The van der Waals surface area contributed by atoms with E-state index < -0.39 is 11.7 Å². The molecule has 0 aliphatic carbocycles. The van der Waals surface area contributed by atoms with E-state index in [1.54, 1.807) is 17.0 Å². The predicted octanol–water partition coefficient (Wildman–Crippen LogP) is 3.79. The van der Waals surface area contributed by atoms with Crippen molar-refractivity contribution in [3.8, 4) is 0 Å². The minimum Gasteiger partial charge on any atom is -0.469 e. The Kier molecular flexibility index (Phi) is 4.53. The summed E-state index contributed by atoms with van der Waals surface area (Å²) in [6.07, 6.45) is 0.453. The first-order valence-corrected chi connectivity index (χ1v) is 7.84. The molecule has 2 aromatic carbocycles. The van der Waals surface area contributed by atoms with Gasteiger partial charge in [-0.2, -0.15) is 0 Å². The lowest BCUT2D eigenvalue weighted by molar-refractivity contribution is -0.142. The number of esters is 1. The van der Waals surface area contributed by atoms with Crippen molar-refractivity contribution in [3.63, 3.8) is 0 Å². The van der Waals surface area contributed by atoms with Crippen molar-refractivity contribution in [1.29, 1.82) is 0 Å². The molecule has 0 N–H and O–H groups in total. The van der Waals surface area contributed by atoms with Crippen LogP contribution < -0.4 is 4.90 Å². The van der Waals surface area contributed by atoms with Crippen molar-refractivity contribution in [2.24, 2.45) is 0 Å². The zero-order valence-electron chi connectivity index (χ0n) is 13.0. The Morgan fingerprint density at radius 2 is 2.00 bits per heavy atom. The monoisotopic (exact) mass is 347 g/mol. The lowest BCUT2D eigenvalue weighted by Gasteiger charge is -2.33. The van der Waals surface area contributed by atoms with Crippen LogP contribution in [0.25, 0.3) is 0 Å². The Morgan fingerprint density at radius 1 is 1.25 bits per heavy atom. The molecule has 3 rings (SSSR count). The fourth-order valence-corrected chi connectivity index (χ4v) is 3.22. The molecule has 124 valence electrons. The molecule has 24 heavy (non-hydrogen) atoms. The number of fused-ring (bicyclic) bond motifs is 1. The quantitative estimate of drug-likeness (QED) is 0.776. The highest BCUT2D eigenvalue weighted by Gasteiger charge is 2.33. The van der Waals surface area contributed by atoms with Crippen LogP contribution in [0.15, 0.2) is 42.5 Å². The van der Waals surface area contributed by atoms with Crippen LogP contribution in [0, 0.1) is 5.82 Å². The van der Waals surface area contributed by atoms with Crippen LogP contribution in [0.3, 0.4) is 0 Å². The van der Waals surface area contributed by atoms with Crippen molar-refractivity contribution in [1.82, 2.24) is 0 Å². The molecule has 0 aromatic heterocycles. The molecule has 2 aromatic rings. The average molecular weight is 348 g/mol. The number of nitrogens with zero attached hydrogens (tertiary/aromatic N) is 1. The molecule has 0 saturated heterocycles. The van der Waals surface area contributed by atoms with Crippen LogP contribution in [0.1, 0.15) is 28.3 Å². The molecule has 0 fully saturated rings. The number of ether oxygens (including phenoxy) is 1. The van der Waals surface area contributed by atoms with Crippen molar-refractivity contribution in [2.75, 3.05) is 18.6 Å². The van der Waals surface area contributed by atoms with Gasteiger partial charge in [0.2, 0.25) is 0 Å². The molecule has 1 amide bonds. The minimum absolute atomic E-state index is 0.0626. The Labute approximate surface area is 143 Å². The van der Waals surface area contributed by atoms with Gasteiger partial charge in [0.05, 0.1) is 23.6 Å². The van der Waals surface area contributed by atoms with E-state index in [4.69, 9.17) is 16.3 Å². The fraction of sp³-hybridized carbons (Fsp3) is 0.222. The lowest BCUT2D eigenvalue weighted by Crippen LogP contribution is -2.38. The molecule has 1 unspecified atom stereocenters. The highest BCUT2D eigenvalue weighted by molar-refractivity contribution is 6.34. The second kappa shape index (κ2) is 6.61. The second-order valence-electron chi connectivity index (χ2n) is 5.50. The third kappa shape index (κ3) is 2.87. The molecule has 0 saturated carbocycles. The number of para-hydroxylation sites is 1. The van der Waals surface area contributed by atoms with Gasteiger partial charge in [-0.05, 0) is 36.2 Å². The predicted molar refractivity (Wildman–Crippen MR) is 88.9 cm³/mol. The van der Waals surface area contributed by atoms with Crippen molar-refractivity contribution < 1.29 is 18.7 Å². The summed E-state index contributed by atoms with van der Waals surface area (Å²) in [5.41, 5.74) is 1.61. The van der Waals surface area contributed by atoms with Gasteiger partial charge < -0.3 is 9.64 Å². The summed E-state index contributed by atoms with van der Waals surface area (Å²) < 4.78 is 18.1. The number of benzene rings is 2. The van der Waals surface area contributed by atoms with E-state index in [9.17, 15) is 14.0 Å². The maximum Gasteiger partial charge on any atom is 0.313 e. The van der Waals surface area contributed by atoms with E-state index in [2.05, 4.69) is 0 Å². The molecule has 1 atom stereocenters. The highest BCUT2D eigenvalue weighted by atomic mass is 35.5. The molecular formula is C18H15ClFNO3. The van der Waals surface area contributed by atoms with Gasteiger partial charge in [-0.3, -0.25) is 9.59 Å². The topological polar surface area (TPSA) is 46.6 Å². The largest absolute Gasteiger partial charge is 0.469 e.